The minimum Gasteiger partial charge on any atom is -0.349 e. The number of carbonyl (C=O) groups is 1. The Morgan fingerprint density at radius 2 is 2.22 bits per heavy atom. The zero-order valence-corrected chi connectivity index (χ0v) is 16.3. The number of amidine groups is 1. The molecule has 6 nitrogen and oxygen atoms in total. The highest BCUT2D eigenvalue weighted by Crippen LogP contribution is 2.34. The number of rotatable bonds is 4. The van der Waals surface area contributed by atoms with Crippen molar-refractivity contribution in [2.45, 2.75) is 51.6 Å². The number of hydrogen-bond donors (Lipinski definition) is 1. The van der Waals surface area contributed by atoms with Crippen LogP contribution in [0.25, 0.3) is 0 Å². The summed E-state index contributed by atoms with van der Waals surface area (Å²) in [6.45, 7) is 4.75. The van der Waals surface area contributed by atoms with Crippen molar-refractivity contribution < 1.29 is 4.79 Å². The molecule has 1 aliphatic carbocycles. The summed E-state index contributed by atoms with van der Waals surface area (Å²) in [7, 11) is 2.03. The highest BCUT2D eigenvalue weighted by atomic mass is 16.2. The second-order valence-corrected chi connectivity index (χ2v) is 7.43. The molecular weight excluding hydrogens is 338 g/mol. The van der Waals surface area contributed by atoms with E-state index in [9.17, 15) is 4.79 Å². The smallest absolute Gasteiger partial charge is 0.249 e. The molecule has 1 unspecified atom stereocenters. The SMILES string of the molecule is C/C=C(\C)N1CC[C@@H](N(C)C2=C3CCCC3N=C(c3ccccn3)N2)C1=O. The quantitative estimate of drug-likeness (QED) is 0.891. The number of amides is 1. The van der Waals surface area contributed by atoms with E-state index in [4.69, 9.17) is 4.99 Å². The summed E-state index contributed by atoms with van der Waals surface area (Å²) in [6.07, 6.45) is 7.86. The molecule has 0 bridgehead atoms. The second kappa shape index (κ2) is 7.18. The first-order valence-electron chi connectivity index (χ1n) is 9.76. The van der Waals surface area contributed by atoms with Crippen molar-refractivity contribution in [1.29, 1.82) is 0 Å². The third-order valence-corrected chi connectivity index (χ3v) is 5.90. The number of fused-ring (bicyclic) bond motifs is 1. The van der Waals surface area contributed by atoms with E-state index >= 15 is 0 Å². The number of aliphatic imine (C=N–C) groups is 1. The molecule has 0 spiro atoms. The fourth-order valence-electron chi connectivity index (χ4n) is 4.26. The standard InChI is InChI=1S/C21H27N5O/c1-4-14(2)26-13-11-18(21(26)27)25(3)20-15-8-7-10-16(15)23-19(24-20)17-9-5-6-12-22-17/h4-6,9,12,16,18H,7-8,10-11,13H2,1-3H3,(H,23,24)/b14-4+/t16?,18-/m1/s1. The van der Waals surface area contributed by atoms with E-state index in [0.717, 1.165) is 55.3 Å². The third-order valence-electron chi connectivity index (χ3n) is 5.90. The molecule has 0 aromatic carbocycles. The molecule has 1 N–H and O–H groups in total. The fourth-order valence-corrected chi connectivity index (χ4v) is 4.26. The molecule has 1 saturated heterocycles. The van der Waals surface area contributed by atoms with Crippen LogP contribution >= 0.6 is 0 Å². The number of nitrogens with one attached hydrogen (secondary N) is 1. The van der Waals surface area contributed by atoms with Crippen molar-refractivity contribution in [3.05, 3.63) is 53.3 Å². The molecular formula is C21H27N5O. The number of carbonyl (C=O) groups excluding carboxylic acids is 1. The van der Waals surface area contributed by atoms with E-state index in [-0.39, 0.29) is 18.0 Å². The molecule has 3 heterocycles. The Balaban J connectivity index is 1.61. The van der Waals surface area contributed by atoms with Crippen molar-refractivity contribution in [2.75, 3.05) is 13.6 Å². The van der Waals surface area contributed by atoms with Gasteiger partial charge in [-0.25, -0.2) is 0 Å². The van der Waals surface area contributed by atoms with E-state index < -0.39 is 0 Å². The van der Waals surface area contributed by atoms with Gasteiger partial charge in [-0.3, -0.25) is 14.8 Å². The average molecular weight is 365 g/mol. The van der Waals surface area contributed by atoms with Gasteiger partial charge in [-0.05, 0) is 57.2 Å². The van der Waals surface area contributed by atoms with Gasteiger partial charge in [0.15, 0.2) is 5.84 Å². The van der Waals surface area contributed by atoms with Crippen LogP contribution in [0.3, 0.4) is 0 Å². The zero-order valence-electron chi connectivity index (χ0n) is 16.3. The molecule has 4 rings (SSSR count). The predicted octanol–water partition coefficient (Wildman–Crippen LogP) is 2.65. The van der Waals surface area contributed by atoms with Crippen LogP contribution < -0.4 is 5.32 Å². The first kappa shape index (κ1) is 17.8. The molecule has 2 aliphatic heterocycles. The fraction of sp³-hybridized carbons (Fsp3) is 0.476. The number of likely N-dealkylation sites (N-methyl/N-ethyl adjacent to an activating group) is 1. The van der Waals surface area contributed by atoms with Gasteiger partial charge >= 0.3 is 0 Å². The first-order valence-corrected chi connectivity index (χ1v) is 9.76. The molecule has 0 radical (unpaired) electrons. The van der Waals surface area contributed by atoms with Gasteiger partial charge < -0.3 is 15.1 Å². The van der Waals surface area contributed by atoms with E-state index in [2.05, 4.69) is 15.2 Å². The number of aromatic nitrogens is 1. The van der Waals surface area contributed by atoms with E-state index in [1.807, 2.05) is 50.1 Å². The normalized spacial score (nSPS) is 25.4. The number of nitrogens with zero attached hydrogens (tertiary/aromatic N) is 4. The first-order chi connectivity index (χ1) is 13.1. The Kier molecular flexibility index (Phi) is 4.72. The van der Waals surface area contributed by atoms with E-state index in [0.29, 0.717) is 0 Å². The Hall–Kier alpha value is -2.63. The minimum absolute atomic E-state index is 0.140. The lowest BCUT2D eigenvalue weighted by molar-refractivity contribution is -0.129. The van der Waals surface area contributed by atoms with E-state index in [1.54, 1.807) is 6.20 Å². The number of likely N-dealkylation sites (tertiary alicyclic amines) is 1. The molecule has 3 aliphatic rings. The Morgan fingerprint density at radius 1 is 1.37 bits per heavy atom. The molecule has 27 heavy (non-hydrogen) atoms. The predicted molar refractivity (Wildman–Crippen MR) is 106 cm³/mol. The summed E-state index contributed by atoms with van der Waals surface area (Å²) in [4.78, 5) is 26.4. The van der Waals surface area contributed by atoms with Crippen LogP contribution in [-0.4, -0.2) is 52.2 Å². The van der Waals surface area contributed by atoms with Gasteiger partial charge in [-0.1, -0.05) is 12.1 Å². The number of allylic oxidation sites excluding steroid dienone is 2. The minimum atomic E-state index is -0.140. The summed E-state index contributed by atoms with van der Waals surface area (Å²) < 4.78 is 0. The van der Waals surface area contributed by atoms with Gasteiger partial charge in [0.25, 0.3) is 0 Å². The summed E-state index contributed by atoms with van der Waals surface area (Å²) in [5.74, 6) is 2.03. The topological polar surface area (TPSA) is 60.8 Å². The highest BCUT2D eigenvalue weighted by molar-refractivity contribution is 5.99. The summed E-state index contributed by atoms with van der Waals surface area (Å²) in [6, 6.07) is 5.92. The van der Waals surface area contributed by atoms with Gasteiger partial charge in [0, 0.05) is 25.5 Å². The lowest BCUT2D eigenvalue weighted by atomic mass is 10.1. The summed E-state index contributed by atoms with van der Waals surface area (Å²) in [5.41, 5.74) is 3.20. The van der Waals surface area contributed by atoms with Crippen LogP contribution in [0.2, 0.25) is 0 Å². The molecule has 2 fully saturated rings. The van der Waals surface area contributed by atoms with Gasteiger partial charge in [0.1, 0.15) is 17.6 Å². The average Bonchev–Trinajstić information content (AvgIpc) is 3.33. The molecule has 6 heteroatoms. The van der Waals surface area contributed by atoms with Crippen molar-refractivity contribution in [2.24, 2.45) is 4.99 Å². The maximum absolute atomic E-state index is 13.0. The molecule has 142 valence electrons. The van der Waals surface area contributed by atoms with Crippen LogP contribution in [0.4, 0.5) is 0 Å². The highest BCUT2D eigenvalue weighted by Gasteiger charge is 2.39. The second-order valence-electron chi connectivity index (χ2n) is 7.43. The van der Waals surface area contributed by atoms with Gasteiger partial charge in [-0.15, -0.1) is 0 Å². The van der Waals surface area contributed by atoms with Gasteiger partial charge in [0.2, 0.25) is 5.91 Å². The third kappa shape index (κ3) is 3.13. The monoisotopic (exact) mass is 365 g/mol. The van der Waals surface area contributed by atoms with Crippen LogP contribution in [0.15, 0.2) is 52.6 Å². The number of hydrogen-bond acceptors (Lipinski definition) is 5. The molecule has 1 saturated carbocycles. The van der Waals surface area contributed by atoms with Gasteiger partial charge in [0.05, 0.1) is 6.04 Å². The van der Waals surface area contributed by atoms with Crippen molar-refractivity contribution in [1.82, 2.24) is 20.1 Å². The largest absolute Gasteiger partial charge is 0.349 e. The zero-order chi connectivity index (χ0) is 19.0. The molecule has 2 atom stereocenters. The van der Waals surface area contributed by atoms with Crippen LogP contribution in [0, 0.1) is 0 Å². The van der Waals surface area contributed by atoms with Crippen LogP contribution in [0.1, 0.15) is 45.2 Å². The van der Waals surface area contributed by atoms with Crippen LogP contribution in [-0.2, 0) is 4.79 Å². The summed E-state index contributed by atoms with van der Waals surface area (Å²) >= 11 is 0. The molecule has 1 aromatic rings. The molecule has 1 amide bonds. The molecule has 1 aromatic heterocycles. The lowest BCUT2D eigenvalue weighted by Crippen LogP contribution is -2.46. The Labute approximate surface area is 160 Å². The lowest BCUT2D eigenvalue weighted by Gasteiger charge is -2.34. The van der Waals surface area contributed by atoms with Gasteiger partial charge in [-0.2, -0.15) is 0 Å². The number of pyridine rings is 1. The maximum Gasteiger partial charge on any atom is 0.249 e. The van der Waals surface area contributed by atoms with Crippen LogP contribution in [0.5, 0.6) is 0 Å². The van der Waals surface area contributed by atoms with Crippen molar-refractivity contribution >= 4 is 11.7 Å². The summed E-state index contributed by atoms with van der Waals surface area (Å²) in [5, 5.41) is 3.50. The maximum atomic E-state index is 13.0. The Bertz CT molecular complexity index is 826. The Morgan fingerprint density at radius 3 is 2.96 bits per heavy atom. The van der Waals surface area contributed by atoms with Crippen molar-refractivity contribution in [3.63, 3.8) is 0 Å². The van der Waals surface area contributed by atoms with Crippen molar-refractivity contribution in [3.8, 4) is 0 Å². The van der Waals surface area contributed by atoms with E-state index in [1.165, 1.54) is 5.57 Å².